The van der Waals surface area contributed by atoms with Crippen molar-refractivity contribution in [3.63, 3.8) is 0 Å². The molecule has 9 heteroatoms. The zero-order chi connectivity index (χ0) is 22.9. The molecule has 0 aliphatic heterocycles. The minimum absolute atomic E-state index is 0.101. The van der Waals surface area contributed by atoms with Gasteiger partial charge in [0.1, 0.15) is 9.84 Å². The zero-order valence-electron chi connectivity index (χ0n) is 18.8. The van der Waals surface area contributed by atoms with Crippen molar-refractivity contribution in [1.82, 2.24) is 14.5 Å². The number of aromatic nitrogens is 3. The van der Waals surface area contributed by atoms with E-state index in [1.54, 1.807) is 48.7 Å². The van der Waals surface area contributed by atoms with Gasteiger partial charge in [-0.1, -0.05) is 17.8 Å². The molecule has 4 aromatic rings. The van der Waals surface area contributed by atoms with Gasteiger partial charge in [0.25, 0.3) is 5.56 Å². The van der Waals surface area contributed by atoms with Gasteiger partial charge in [0.15, 0.2) is 16.7 Å². The fourth-order valence-corrected chi connectivity index (χ4v) is 7.50. The summed E-state index contributed by atoms with van der Waals surface area (Å²) < 4.78 is 12.8. The maximum absolute atomic E-state index is 13.3. The van der Waals surface area contributed by atoms with E-state index >= 15 is 0 Å². The van der Waals surface area contributed by atoms with Crippen molar-refractivity contribution in [1.29, 1.82) is 0 Å². The average Bonchev–Trinajstić information content (AvgIpc) is 3.46. The van der Waals surface area contributed by atoms with Crippen molar-refractivity contribution in [2.24, 2.45) is 0 Å². The summed E-state index contributed by atoms with van der Waals surface area (Å²) in [5.41, 5.74) is 3.21. The topological polar surface area (TPSA) is 66.2 Å². The van der Waals surface area contributed by atoms with Gasteiger partial charge < -0.3 is 9.47 Å². The minimum Gasteiger partial charge on any atom is -0.493 e. The predicted molar refractivity (Wildman–Crippen MR) is 136 cm³/mol. The molecule has 6 nitrogen and oxygen atoms in total. The monoisotopic (exact) mass is 499 g/mol. The van der Waals surface area contributed by atoms with Crippen LogP contribution in [0.5, 0.6) is 11.5 Å². The third kappa shape index (κ3) is 4.06. The van der Waals surface area contributed by atoms with Crippen LogP contribution in [-0.4, -0.2) is 28.8 Å². The van der Waals surface area contributed by atoms with Crippen LogP contribution in [0, 0.1) is 0 Å². The number of para-hydroxylation sites is 1. The molecule has 0 amide bonds. The Labute approximate surface area is 204 Å². The van der Waals surface area contributed by atoms with Crippen LogP contribution in [0.15, 0.2) is 33.5 Å². The Morgan fingerprint density at radius 3 is 2.79 bits per heavy atom. The van der Waals surface area contributed by atoms with E-state index in [-0.39, 0.29) is 5.56 Å². The fourth-order valence-electron chi connectivity index (χ4n) is 4.30. The maximum atomic E-state index is 13.3. The molecule has 0 unspecified atom stereocenters. The Balaban J connectivity index is 1.43. The van der Waals surface area contributed by atoms with Gasteiger partial charge in [-0.2, -0.15) is 0 Å². The summed E-state index contributed by atoms with van der Waals surface area (Å²) in [6, 6.07) is 5.80. The molecule has 0 atom stereocenters. The minimum atomic E-state index is 0.101. The largest absolute Gasteiger partial charge is 0.493 e. The number of hydrogen-bond donors (Lipinski definition) is 0. The number of aryl methyl sites for hydroxylation is 2. The molecular formula is C24H25N3O3S3. The Bertz CT molecular complexity index is 1370. The molecule has 3 aromatic heterocycles. The van der Waals surface area contributed by atoms with Crippen LogP contribution in [0.3, 0.4) is 0 Å². The van der Waals surface area contributed by atoms with Crippen molar-refractivity contribution in [3.05, 3.63) is 50.1 Å². The van der Waals surface area contributed by atoms with Crippen LogP contribution < -0.4 is 15.0 Å². The van der Waals surface area contributed by atoms with Crippen LogP contribution >= 0.6 is 34.4 Å². The molecule has 33 heavy (non-hydrogen) atoms. The third-order valence-corrected chi connectivity index (χ3v) is 9.01. The molecule has 0 saturated carbocycles. The lowest BCUT2D eigenvalue weighted by Crippen LogP contribution is -2.23. The predicted octanol–water partition coefficient (Wildman–Crippen LogP) is 5.79. The summed E-state index contributed by atoms with van der Waals surface area (Å²) in [4.78, 5) is 25.3. The molecule has 0 fully saturated rings. The number of thioether (sulfide) groups is 1. The first-order valence-corrected chi connectivity index (χ1v) is 13.7. The van der Waals surface area contributed by atoms with Gasteiger partial charge >= 0.3 is 0 Å². The number of benzene rings is 1. The average molecular weight is 500 g/mol. The fraction of sp³-hybridized carbons (Fsp3) is 0.375. The van der Waals surface area contributed by atoms with E-state index in [0.29, 0.717) is 23.8 Å². The number of rotatable bonds is 7. The molecule has 0 bridgehead atoms. The van der Waals surface area contributed by atoms with Gasteiger partial charge in [0.05, 0.1) is 30.9 Å². The summed E-state index contributed by atoms with van der Waals surface area (Å²) in [5, 5.41) is 4.55. The van der Waals surface area contributed by atoms with E-state index in [1.165, 1.54) is 16.9 Å². The second kappa shape index (κ2) is 9.48. The standard InChI is InChI=1S/C24H25N3O3S3/c1-4-27-23(28)19-15-8-5-6-11-18(15)33-22(19)26-24(27)32-13-14-12-31-21(25-14)16-9-7-10-17(29-2)20(16)30-3/h7,9-10,12H,4-6,8,11,13H2,1-3H3. The van der Waals surface area contributed by atoms with Crippen molar-refractivity contribution in [2.45, 2.75) is 50.1 Å². The summed E-state index contributed by atoms with van der Waals surface area (Å²) in [5.74, 6) is 2.01. The van der Waals surface area contributed by atoms with Crippen LogP contribution in [0.4, 0.5) is 0 Å². The van der Waals surface area contributed by atoms with E-state index < -0.39 is 0 Å². The van der Waals surface area contributed by atoms with Gasteiger partial charge in [-0.05, 0) is 50.3 Å². The van der Waals surface area contributed by atoms with E-state index in [4.69, 9.17) is 19.4 Å². The maximum Gasteiger partial charge on any atom is 0.263 e. The van der Waals surface area contributed by atoms with Gasteiger partial charge in [-0.3, -0.25) is 9.36 Å². The first-order chi connectivity index (χ1) is 16.1. The smallest absolute Gasteiger partial charge is 0.263 e. The molecule has 1 aliphatic rings. The Hall–Kier alpha value is -2.36. The van der Waals surface area contributed by atoms with Gasteiger partial charge in [-0.15, -0.1) is 22.7 Å². The quantitative estimate of drug-likeness (QED) is 0.237. The van der Waals surface area contributed by atoms with Crippen molar-refractivity contribution >= 4 is 44.7 Å². The molecule has 0 spiro atoms. The van der Waals surface area contributed by atoms with Crippen molar-refractivity contribution in [2.75, 3.05) is 14.2 Å². The van der Waals surface area contributed by atoms with Crippen LogP contribution in [0.1, 0.15) is 35.9 Å². The lowest BCUT2D eigenvalue weighted by atomic mass is 9.97. The highest BCUT2D eigenvalue weighted by molar-refractivity contribution is 7.98. The molecule has 172 valence electrons. The molecule has 0 radical (unpaired) electrons. The molecule has 3 heterocycles. The third-order valence-electron chi connectivity index (χ3n) is 5.89. The number of nitrogens with zero attached hydrogens (tertiary/aromatic N) is 3. The molecule has 0 N–H and O–H groups in total. The highest BCUT2D eigenvalue weighted by Crippen LogP contribution is 2.40. The van der Waals surface area contributed by atoms with E-state index in [0.717, 1.165) is 50.9 Å². The Morgan fingerprint density at radius 1 is 1.15 bits per heavy atom. The summed E-state index contributed by atoms with van der Waals surface area (Å²) in [6.07, 6.45) is 4.43. The number of thiophene rings is 1. The lowest BCUT2D eigenvalue weighted by molar-refractivity contribution is 0.356. The van der Waals surface area contributed by atoms with E-state index in [2.05, 4.69) is 5.38 Å². The highest BCUT2D eigenvalue weighted by atomic mass is 32.2. The number of hydrogen-bond acceptors (Lipinski definition) is 8. The van der Waals surface area contributed by atoms with Crippen LogP contribution in [-0.2, 0) is 25.1 Å². The SMILES string of the molecule is CCn1c(SCc2csc(-c3cccc(OC)c3OC)n2)nc2sc3c(c2c1=O)CCCC3. The molecule has 1 aromatic carbocycles. The number of thiazole rings is 1. The van der Waals surface area contributed by atoms with Crippen molar-refractivity contribution < 1.29 is 9.47 Å². The first-order valence-electron chi connectivity index (χ1n) is 11.0. The summed E-state index contributed by atoms with van der Waals surface area (Å²) in [7, 11) is 3.27. The number of fused-ring (bicyclic) bond motifs is 3. The number of methoxy groups -OCH3 is 2. The Morgan fingerprint density at radius 2 is 2.00 bits per heavy atom. The molecule has 0 saturated heterocycles. The number of ether oxygens (including phenoxy) is 2. The Kier molecular flexibility index (Phi) is 6.44. The first kappa shape index (κ1) is 22.4. The van der Waals surface area contributed by atoms with Gasteiger partial charge in [-0.25, -0.2) is 9.97 Å². The van der Waals surface area contributed by atoms with E-state index in [1.807, 2.05) is 29.7 Å². The second-order valence-corrected chi connectivity index (χ2v) is 10.7. The zero-order valence-corrected chi connectivity index (χ0v) is 21.3. The van der Waals surface area contributed by atoms with Crippen LogP contribution in [0.2, 0.25) is 0 Å². The summed E-state index contributed by atoms with van der Waals surface area (Å²) >= 11 is 4.85. The second-order valence-electron chi connectivity index (χ2n) is 7.81. The molecule has 5 rings (SSSR count). The van der Waals surface area contributed by atoms with Crippen molar-refractivity contribution in [3.8, 4) is 22.1 Å². The lowest BCUT2D eigenvalue weighted by Gasteiger charge is -2.12. The van der Waals surface area contributed by atoms with E-state index in [9.17, 15) is 4.79 Å². The molecule has 1 aliphatic carbocycles. The summed E-state index contributed by atoms with van der Waals surface area (Å²) in [6.45, 7) is 2.62. The normalized spacial score (nSPS) is 13.3. The van der Waals surface area contributed by atoms with Crippen LogP contribution in [0.25, 0.3) is 20.8 Å². The van der Waals surface area contributed by atoms with Gasteiger partial charge in [0, 0.05) is 22.6 Å². The molecular weight excluding hydrogens is 474 g/mol. The van der Waals surface area contributed by atoms with Gasteiger partial charge in [0.2, 0.25) is 0 Å². The highest BCUT2D eigenvalue weighted by Gasteiger charge is 2.22.